The van der Waals surface area contributed by atoms with E-state index in [0.717, 1.165) is 12.0 Å². The monoisotopic (exact) mass is 412 g/mol. The molecule has 1 aromatic rings. The zero-order chi connectivity index (χ0) is 21.6. The smallest absolute Gasteiger partial charge is 0.325 e. The first-order valence-electron chi connectivity index (χ1n) is 8.80. The summed E-state index contributed by atoms with van der Waals surface area (Å²) in [5.41, 5.74) is 0.172. The molecule has 11 nitrogen and oxygen atoms in total. The number of aliphatic hydroxyl groups excluding tert-OH is 4. The zero-order valence-electron chi connectivity index (χ0n) is 15.7. The van der Waals surface area contributed by atoms with Crippen molar-refractivity contribution >= 4 is 17.8 Å². The van der Waals surface area contributed by atoms with Gasteiger partial charge in [-0.25, -0.2) is 0 Å². The van der Waals surface area contributed by atoms with E-state index in [2.05, 4.69) is 10.1 Å². The molecule has 0 aromatic heterocycles. The molecule has 5 N–H and O–H groups in total. The van der Waals surface area contributed by atoms with Gasteiger partial charge >= 0.3 is 5.97 Å². The summed E-state index contributed by atoms with van der Waals surface area (Å²) < 4.78 is 9.83. The van der Waals surface area contributed by atoms with Crippen LogP contribution in [0.1, 0.15) is 10.4 Å². The zero-order valence-corrected chi connectivity index (χ0v) is 15.7. The first kappa shape index (κ1) is 22.7. The minimum absolute atomic E-state index is 0.172. The van der Waals surface area contributed by atoms with E-state index >= 15 is 0 Å². The molecule has 2 rings (SSSR count). The highest BCUT2D eigenvalue weighted by Gasteiger charge is 2.47. The van der Waals surface area contributed by atoms with Crippen molar-refractivity contribution in [2.45, 2.75) is 30.6 Å². The minimum Gasteiger partial charge on any atom is -0.468 e. The molecule has 0 aliphatic carbocycles. The van der Waals surface area contributed by atoms with Crippen LogP contribution in [0.5, 0.6) is 0 Å². The highest BCUT2D eigenvalue weighted by atomic mass is 16.6. The Morgan fingerprint density at radius 1 is 1.10 bits per heavy atom. The number of rotatable bonds is 7. The summed E-state index contributed by atoms with van der Waals surface area (Å²) in [6.07, 6.45) is -7.90. The maximum absolute atomic E-state index is 13.0. The van der Waals surface area contributed by atoms with Gasteiger partial charge in [0, 0.05) is 5.56 Å². The lowest BCUT2D eigenvalue weighted by Crippen LogP contribution is -2.65. The fourth-order valence-corrected chi connectivity index (χ4v) is 2.82. The van der Waals surface area contributed by atoms with E-state index in [1.807, 2.05) is 0 Å². The Balaban J connectivity index is 2.27. The summed E-state index contributed by atoms with van der Waals surface area (Å²) in [4.78, 5) is 37.3. The Morgan fingerprint density at radius 2 is 1.76 bits per heavy atom. The third-order valence-electron chi connectivity index (χ3n) is 4.43. The molecule has 0 spiro atoms. The Morgan fingerprint density at radius 3 is 2.34 bits per heavy atom. The van der Waals surface area contributed by atoms with Crippen LogP contribution in [0.3, 0.4) is 0 Å². The lowest BCUT2D eigenvalue weighted by atomic mass is 9.97. The van der Waals surface area contributed by atoms with Gasteiger partial charge in [0.1, 0.15) is 37.5 Å². The van der Waals surface area contributed by atoms with Gasteiger partial charge in [-0.05, 0) is 12.1 Å². The molecular formula is C18H24N2O9. The average molecular weight is 412 g/mol. The summed E-state index contributed by atoms with van der Waals surface area (Å²) in [6, 6.07) is 7.82. The number of hydrogen-bond donors (Lipinski definition) is 5. The number of carbonyl (C=O) groups excluding carboxylic acids is 3. The van der Waals surface area contributed by atoms with Crippen molar-refractivity contribution < 1.29 is 44.3 Å². The molecule has 11 heteroatoms. The first-order valence-corrected chi connectivity index (χ1v) is 8.80. The summed E-state index contributed by atoms with van der Waals surface area (Å²) >= 11 is 0. The van der Waals surface area contributed by atoms with Crippen LogP contribution in [0.4, 0.5) is 0 Å². The van der Waals surface area contributed by atoms with E-state index in [1.54, 1.807) is 18.2 Å². The molecule has 5 atom stereocenters. The molecule has 1 aromatic carbocycles. The Hall–Kier alpha value is -2.57. The van der Waals surface area contributed by atoms with E-state index < -0.39 is 68.1 Å². The molecular weight excluding hydrogens is 388 g/mol. The summed E-state index contributed by atoms with van der Waals surface area (Å²) in [5, 5.41) is 41.9. The van der Waals surface area contributed by atoms with Crippen molar-refractivity contribution in [3.63, 3.8) is 0 Å². The van der Waals surface area contributed by atoms with Gasteiger partial charge < -0.3 is 40.1 Å². The van der Waals surface area contributed by atoms with Crippen molar-refractivity contribution in [1.29, 1.82) is 0 Å². The predicted molar refractivity (Wildman–Crippen MR) is 96.3 cm³/mol. The largest absolute Gasteiger partial charge is 0.468 e. The number of nitrogens with one attached hydrogen (secondary N) is 1. The third-order valence-corrected chi connectivity index (χ3v) is 4.43. The highest BCUT2D eigenvalue weighted by molar-refractivity contribution is 5.97. The summed E-state index contributed by atoms with van der Waals surface area (Å²) in [5.74, 6) is -2.16. The molecule has 1 saturated heterocycles. The van der Waals surface area contributed by atoms with E-state index in [9.17, 15) is 34.8 Å². The second kappa shape index (κ2) is 10.3. The molecule has 2 amide bonds. The van der Waals surface area contributed by atoms with Crippen LogP contribution < -0.4 is 5.32 Å². The molecule has 1 aliphatic heterocycles. The van der Waals surface area contributed by atoms with Crippen LogP contribution in [0.2, 0.25) is 0 Å². The number of hydrogen-bond acceptors (Lipinski definition) is 9. The second-order valence-corrected chi connectivity index (χ2v) is 6.37. The Kier molecular flexibility index (Phi) is 8.05. The van der Waals surface area contributed by atoms with Crippen molar-refractivity contribution in [2.75, 3.05) is 26.8 Å². The number of benzene rings is 1. The fourth-order valence-electron chi connectivity index (χ4n) is 2.82. The van der Waals surface area contributed by atoms with Gasteiger partial charge in [0.25, 0.3) is 5.91 Å². The maximum Gasteiger partial charge on any atom is 0.325 e. The lowest BCUT2D eigenvalue weighted by molar-refractivity contribution is -0.257. The number of amides is 2. The molecule has 1 aliphatic rings. The molecule has 0 bridgehead atoms. The van der Waals surface area contributed by atoms with E-state index in [1.165, 1.54) is 12.1 Å². The normalized spacial score (nSPS) is 26.4. The van der Waals surface area contributed by atoms with Crippen LogP contribution >= 0.6 is 0 Å². The van der Waals surface area contributed by atoms with Gasteiger partial charge in [0.2, 0.25) is 5.91 Å². The highest BCUT2D eigenvalue weighted by Crippen LogP contribution is 2.25. The van der Waals surface area contributed by atoms with Crippen molar-refractivity contribution in [3.05, 3.63) is 35.9 Å². The minimum atomic E-state index is -1.76. The van der Waals surface area contributed by atoms with Crippen molar-refractivity contribution in [3.8, 4) is 0 Å². The van der Waals surface area contributed by atoms with E-state index in [0.29, 0.717) is 0 Å². The molecule has 1 fully saturated rings. The number of aliphatic hydroxyl groups is 4. The van der Waals surface area contributed by atoms with Crippen LogP contribution in [0, 0.1) is 0 Å². The lowest BCUT2D eigenvalue weighted by Gasteiger charge is -2.44. The number of nitrogens with zero attached hydrogens (tertiary/aromatic N) is 1. The summed E-state index contributed by atoms with van der Waals surface area (Å²) in [7, 11) is 1.15. The molecule has 160 valence electrons. The maximum atomic E-state index is 13.0. The summed E-state index contributed by atoms with van der Waals surface area (Å²) in [6.45, 7) is -1.76. The SMILES string of the molecule is COC(=O)CNC(=O)CN(C(=O)c1ccccc1)[C@@H]1O[C@H](CO)[C@H](O)[C@H](O)[C@H]1O. The van der Waals surface area contributed by atoms with E-state index in [4.69, 9.17) is 4.74 Å². The van der Waals surface area contributed by atoms with Crippen molar-refractivity contribution in [2.24, 2.45) is 0 Å². The van der Waals surface area contributed by atoms with Crippen LogP contribution in [0.15, 0.2) is 30.3 Å². The van der Waals surface area contributed by atoms with Gasteiger partial charge in [0.15, 0.2) is 6.23 Å². The van der Waals surface area contributed by atoms with Crippen LogP contribution in [0.25, 0.3) is 0 Å². The second-order valence-electron chi connectivity index (χ2n) is 6.37. The quantitative estimate of drug-likeness (QED) is 0.298. The fraction of sp³-hybridized carbons (Fsp3) is 0.500. The molecule has 0 radical (unpaired) electrons. The Labute approximate surface area is 166 Å². The molecule has 29 heavy (non-hydrogen) atoms. The van der Waals surface area contributed by atoms with Crippen LogP contribution in [-0.2, 0) is 19.1 Å². The number of esters is 1. The number of ether oxygens (including phenoxy) is 2. The standard InChI is InChI=1S/C18H24N2O9/c1-28-13(23)7-19-12(22)8-20(17(27)10-5-3-2-4-6-10)18-16(26)15(25)14(24)11(9-21)29-18/h2-6,11,14-16,18,21,24-26H,7-9H2,1H3,(H,19,22)/t11-,14+,15+,16-,18-/m1/s1. The van der Waals surface area contributed by atoms with Crippen LogP contribution in [-0.4, -0.2) is 101 Å². The molecule has 0 saturated carbocycles. The average Bonchev–Trinajstić information content (AvgIpc) is 2.74. The topological polar surface area (TPSA) is 166 Å². The first-order chi connectivity index (χ1) is 13.8. The number of carbonyl (C=O) groups is 3. The predicted octanol–water partition coefficient (Wildman–Crippen LogP) is -2.78. The van der Waals surface area contributed by atoms with Gasteiger partial charge in [0.05, 0.1) is 13.7 Å². The third kappa shape index (κ3) is 5.49. The van der Waals surface area contributed by atoms with E-state index in [-0.39, 0.29) is 5.56 Å². The van der Waals surface area contributed by atoms with Gasteiger partial charge in [-0.15, -0.1) is 0 Å². The van der Waals surface area contributed by atoms with Crippen molar-refractivity contribution in [1.82, 2.24) is 10.2 Å². The van der Waals surface area contributed by atoms with Gasteiger partial charge in [-0.2, -0.15) is 0 Å². The Bertz CT molecular complexity index is 713. The molecule has 0 unspecified atom stereocenters. The number of methoxy groups -OCH3 is 1. The van der Waals surface area contributed by atoms with Gasteiger partial charge in [-0.1, -0.05) is 18.2 Å². The molecule has 1 heterocycles. The van der Waals surface area contributed by atoms with Gasteiger partial charge in [-0.3, -0.25) is 14.4 Å².